The van der Waals surface area contributed by atoms with Gasteiger partial charge in [0.15, 0.2) is 16.6 Å². The van der Waals surface area contributed by atoms with Crippen LogP contribution in [-0.2, 0) is 6.42 Å². The topological polar surface area (TPSA) is 88.3 Å². The van der Waals surface area contributed by atoms with Crippen LogP contribution in [0.2, 0.25) is 0 Å². The van der Waals surface area contributed by atoms with Gasteiger partial charge in [0, 0.05) is 40.8 Å². The number of carbonyl (C=O) groups excluding carboxylic acids is 1. The number of amides is 1. The summed E-state index contributed by atoms with van der Waals surface area (Å²) >= 11 is 1.38. The zero-order chi connectivity index (χ0) is 19.6. The highest BCUT2D eigenvalue weighted by Gasteiger charge is 2.15. The summed E-state index contributed by atoms with van der Waals surface area (Å²) in [5, 5.41) is 9.71. The molecule has 0 atom stereocenters. The molecule has 0 saturated heterocycles. The summed E-state index contributed by atoms with van der Waals surface area (Å²) in [5.41, 5.74) is 3.52. The summed E-state index contributed by atoms with van der Waals surface area (Å²) in [6.07, 6.45) is 2.75. The highest BCUT2D eigenvalue weighted by molar-refractivity contribution is 7.14. The van der Waals surface area contributed by atoms with Gasteiger partial charge in [0.05, 0.1) is 0 Å². The molecule has 0 aliphatic carbocycles. The van der Waals surface area contributed by atoms with E-state index in [4.69, 9.17) is 9.47 Å². The number of benzene rings is 2. The summed E-state index contributed by atoms with van der Waals surface area (Å²) < 4.78 is 10.7. The lowest BCUT2D eigenvalue weighted by molar-refractivity contribution is 0.0950. The van der Waals surface area contributed by atoms with Crippen LogP contribution in [0, 0.1) is 0 Å². The maximum Gasteiger partial charge on any atom is 0.270 e. The zero-order valence-electron chi connectivity index (χ0n) is 15.4. The molecule has 4 aromatic rings. The Morgan fingerprint density at radius 3 is 3.03 bits per heavy atom. The Morgan fingerprint density at radius 2 is 2.07 bits per heavy atom. The van der Waals surface area contributed by atoms with Gasteiger partial charge in [-0.2, -0.15) is 0 Å². The number of nitrogens with zero attached hydrogens (tertiary/aromatic N) is 1. The number of hydrogen-bond donors (Lipinski definition) is 3. The Labute approximate surface area is 170 Å². The Bertz CT molecular complexity index is 1180. The summed E-state index contributed by atoms with van der Waals surface area (Å²) in [5.74, 6) is 1.24. The van der Waals surface area contributed by atoms with Gasteiger partial charge in [-0.15, -0.1) is 11.3 Å². The van der Waals surface area contributed by atoms with Gasteiger partial charge in [0.1, 0.15) is 5.69 Å². The monoisotopic (exact) mass is 406 g/mol. The second kappa shape index (κ2) is 7.48. The van der Waals surface area contributed by atoms with Crippen LogP contribution in [0.3, 0.4) is 0 Å². The molecule has 8 heteroatoms. The van der Waals surface area contributed by atoms with Crippen LogP contribution in [0.15, 0.2) is 54.0 Å². The van der Waals surface area contributed by atoms with E-state index in [0.29, 0.717) is 23.1 Å². The van der Waals surface area contributed by atoms with E-state index in [0.717, 1.165) is 23.4 Å². The molecule has 7 nitrogen and oxygen atoms in total. The maximum atomic E-state index is 12.4. The molecule has 0 radical (unpaired) electrons. The third-order valence-corrected chi connectivity index (χ3v) is 5.47. The van der Waals surface area contributed by atoms with E-state index in [1.54, 1.807) is 5.38 Å². The Kier molecular flexibility index (Phi) is 4.53. The predicted molar refractivity (Wildman–Crippen MR) is 112 cm³/mol. The van der Waals surface area contributed by atoms with Crippen molar-refractivity contribution >= 4 is 39.0 Å². The highest BCUT2D eigenvalue weighted by atomic mass is 32.1. The summed E-state index contributed by atoms with van der Waals surface area (Å²) in [6.45, 7) is 0.780. The van der Waals surface area contributed by atoms with Crippen molar-refractivity contribution in [1.29, 1.82) is 0 Å². The molecular weight excluding hydrogens is 388 g/mol. The number of para-hydroxylation sites is 1. The van der Waals surface area contributed by atoms with Gasteiger partial charge in [0.25, 0.3) is 5.91 Å². The number of thiazole rings is 1. The molecule has 1 amide bonds. The largest absolute Gasteiger partial charge is 0.454 e. The number of fused-ring (bicyclic) bond motifs is 2. The van der Waals surface area contributed by atoms with Crippen molar-refractivity contribution in [1.82, 2.24) is 15.3 Å². The first-order valence-corrected chi connectivity index (χ1v) is 10.1. The van der Waals surface area contributed by atoms with Crippen LogP contribution in [0.4, 0.5) is 10.8 Å². The normalized spacial score (nSPS) is 12.3. The number of anilines is 2. The van der Waals surface area contributed by atoms with E-state index in [-0.39, 0.29) is 12.7 Å². The fourth-order valence-corrected chi connectivity index (χ4v) is 3.98. The van der Waals surface area contributed by atoms with E-state index < -0.39 is 0 Å². The van der Waals surface area contributed by atoms with Gasteiger partial charge in [-0.1, -0.05) is 18.2 Å². The Morgan fingerprint density at radius 1 is 1.17 bits per heavy atom. The fourth-order valence-electron chi connectivity index (χ4n) is 3.27. The molecule has 3 N–H and O–H groups in total. The number of aromatic amines is 1. The highest BCUT2D eigenvalue weighted by Crippen LogP contribution is 2.35. The third-order valence-electron chi connectivity index (χ3n) is 4.72. The number of rotatable bonds is 6. The molecular formula is C21H18N4O3S. The van der Waals surface area contributed by atoms with Gasteiger partial charge >= 0.3 is 0 Å². The quantitative estimate of drug-likeness (QED) is 0.449. The molecule has 1 aliphatic heterocycles. The first-order chi connectivity index (χ1) is 14.3. The van der Waals surface area contributed by atoms with Crippen molar-refractivity contribution < 1.29 is 14.3 Å². The van der Waals surface area contributed by atoms with Crippen molar-refractivity contribution in [2.24, 2.45) is 0 Å². The summed E-state index contributed by atoms with van der Waals surface area (Å²) in [4.78, 5) is 20.1. The van der Waals surface area contributed by atoms with Gasteiger partial charge < -0.3 is 25.1 Å². The van der Waals surface area contributed by atoms with Gasteiger partial charge in [-0.05, 0) is 30.2 Å². The number of H-pyrrole nitrogens is 1. The molecule has 0 bridgehead atoms. The van der Waals surface area contributed by atoms with E-state index >= 15 is 0 Å². The summed E-state index contributed by atoms with van der Waals surface area (Å²) in [7, 11) is 0. The number of nitrogens with one attached hydrogen (secondary N) is 3. The molecule has 146 valence electrons. The predicted octanol–water partition coefficient (Wildman–Crippen LogP) is 4.07. The lowest BCUT2D eigenvalue weighted by Gasteiger charge is -2.04. The van der Waals surface area contributed by atoms with Crippen molar-refractivity contribution in [3.8, 4) is 11.5 Å². The smallest absolute Gasteiger partial charge is 0.270 e. The first-order valence-electron chi connectivity index (χ1n) is 9.22. The molecule has 0 spiro atoms. The minimum absolute atomic E-state index is 0.181. The van der Waals surface area contributed by atoms with Gasteiger partial charge in [0.2, 0.25) is 6.79 Å². The van der Waals surface area contributed by atoms with E-state index in [2.05, 4.69) is 26.7 Å². The van der Waals surface area contributed by atoms with Crippen molar-refractivity contribution in [2.75, 3.05) is 18.7 Å². The molecule has 5 rings (SSSR count). The van der Waals surface area contributed by atoms with Crippen LogP contribution in [-0.4, -0.2) is 29.2 Å². The van der Waals surface area contributed by atoms with Crippen molar-refractivity contribution in [3.63, 3.8) is 0 Å². The Hall–Kier alpha value is -3.52. The minimum atomic E-state index is -0.181. The standard InChI is InChI=1S/C21H18N4O3S/c26-20(22-8-7-13-10-23-16-4-2-1-3-15(13)16)17-11-29-21(25-17)24-14-5-6-18-19(9-14)28-12-27-18/h1-6,9-11,23H,7-8,12H2,(H,22,26)(H,24,25). The minimum Gasteiger partial charge on any atom is -0.454 e. The van der Waals surface area contributed by atoms with Crippen LogP contribution >= 0.6 is 11.3 Å². The third kappa shape index (κ3) is 3.62. The van der Waals surface area contributed by atoms with Crippen LogP contribution in [0.5, 0.6) is 11.5 Å². The molecule has 0 saturated carbocycles. The SMILES string of the molecule is O=C(NCCc1c[nH]c2ccccc12)c1csc(Nc2ccc3c(c2)OCO3)n1. The fraction of sp³-hybridized carbons (Fsp3) is 0.143. The van der Waals surface area contributed by atoms with Crippen LogP contribution in [0.1, 0.15) is 16.1 Å². The lowest BCUT2D eigenvalue weighted by atomic mass is 10.1. The van der Waals surface area contributed by atoms with Crippen molar-refractivity contribution in [2.45, 2.75) is 6.42 Å². The zero-order valence-corrected chi connectivity index (χ0v) is 16.2. The molecule has 1 aliphatic rings. The molecule has 0 fully saturated rings. The number of hydrogen-bond acceptors (Lipinski definition) is 6. The number of ether oxygens (including phenoxy) is 2. The summed E-state index contributed by atoms with van der Waals surface area (Å²) in [6, 6.07) is 13.7. The number of aromatic nitrogens is 2. The molecule has 0 unspecified atom stereocenters. The maximum absolute atomic E-state index is 12.4. The van der Waals surface area contributed by atoms with Crippen LogP contribution < -0.4 is 20.1 Å². The van der Waals surface area contributed by atoms with E-state index in [1.807, 2.05) is 42.6 Å². The van der Waals surface area contributed by atoms with Crippen LogP contribution in [0.25, 0.3) is 10.9 Å². The Balaban J connectivity index is 1.18. The first kappa shape index (κ1) is 17.6. The second-order valence-corrected chi connectivity index (χ2v) is 7.45. The lowest BCUT2D eigenvalue weighted by Crippen LogP contribution is -2.25. The second-order valence-electron chi connectivity index (χ2n) is 6.60. The molecule has 29 heavy (non-hydrogen) atoms. The number of carbonyl (C=O) groups is 1. The van der Waals surface area contributed by atoms with E-state index in [9.17, 15) is 4.79 Å². The molecule has 2 aromatic carbocycles. The van der Waals surface area contributed by atoms with Crippen molar-refractivity contribution in [3.05, 3.63) is 65.3 Å². The van der Waals surface area contributed by atoms with Gasteiger partial charge in [-0.25, -0.2) is 4.98 Å². The molecule has 2 aromatic heterocycles. The van der Waals surface area contributed by atoms with Gasteiger partial charge in [-0.3, -0.25) is 4.79 Å². The average Bonchev–Trinajstić information content (AvgIpc) is 3.47. The molecule has 3 heterocycles. The average molecular weight is 406 g/mol. The van der Waals surface area contributed by atoms with E-state index in [1.165, 1.54) is 22.3 Å².